The van der Waals surface area contributed by atoms with Crippen molar-refractivity contribution >= 4 is 0 Å². The molecule has 0 aliphatic rings. The molecule has 1 aromatic carbocycles. The zero-order valence-corrected chi connectivity index (χ0v) is 10.9. The quantitative estimate of drug-likeness (QED) is 0.828. The van der Waals surface area contributed by atoms with Crippen molar-refractivity contribution in [2.24, 2.45) is 5.92 Å². The van der Waals surface area contributed by atoms with Crippen LogP contribution in [0.5, 0.6) is 0 Å². The van der Waals surface area contributed by atoms with Gasteiger partial charge in [0.2, 0.25) is 0 Å². The normalized spacial score (nSPS) is 10.6. The molecule has 1 aromatic heterocycles. The summed E-state index contributed by atoms with van der Waals surface area (Å²) in [5.41, 5.74) is 3.43. The number of nitriles is 1. The Kier molecular flexibility index (Phi) is 3.42. The fourth-order valence-corrected chi connectivity index (χ4v) is 1.93. The maximum absolute atomic E-state index is 9.08. The second kappa shape index (κ2) is 5.01. The summed E-state index contributed by atoms with van der Waals surface area (Å²) in [6.45, 7) is 6.28. The van der Waals surface area contributed by atoms with Crippen LogP contribution in [0.2, 0.25) is 0 Å². The van der Waals surface area contributed by atoms with Gasteiger partial charge in [-0.05, 0) is 37.0 Å². The molecule has 92 valence electrons. The molecule has 0 aliphatic heterocycles. The van der Waals surface area contributed by atoms with E-state index in [1.54, 1.807) is 4.68 Å². The van der Waals surface area contributed by atoms with Crippen LogP contribution in [0.3, 0.4) is 0 Å². The van der Waals surface area contributed by atoms with Crippen molar-refractivity contribution in [3.8, 4) is 11.8 Å². The fourth-order valence-electron chi connectivity index (χ4n) is 1.93. The van der Waals surface area contributed by atoms with E-state index in [1.807, 2.05) is 31.2 Å². The molecule has 4 heteroatoms. The molecule has 4 nitrogen and oxygen atoms in total. The average Bonchev–Trinajstić information content (AvgIpc) is 2.71. The summed E-state index contributed by atoms with van der Waals surface area (Å²) in [7, 11) is 0. The lowest BCUT2D eigenvalue weighted by Crippen LogP contribution is -2.06. The number of aryl methyl sites for hydroxylation is 1. The van der Waals surface area contributed by atoms with Gasteiger partial charge in [0.1, 0.15) is 6.07 Å². The van der Waals surface area contributed by atoms with Gasteiger partial charge < -0.3 is 0 Å². The third-order valence-electron chi connectivity index (χ3n) is 2.72. The van der Waals surface area contributed by atoms with Gasteiger partial charge in [-0.2, -0.15) is 5.26 Å². The average molecular weight is 240 g/mol. The molecular formula is C14H16N4. The highest BCUT2D eigenvalue weighted by molar-refractivity contribution is 5.38. The first kappa shape index (κ1) is 12.3. The minimum absolute atomic E-state index is 0.421. The minimum atomic E-state index is 0.421. The lowest BCUT2D eigenvalue weighted by Gasteiger charge is -2.09. The van der Waals surface area contributed by atoms with Gasteiger partial charge in [0, 0.05) is 0 Å². The van der Waals surface area contributed by atoms with E-state index in [0.717, 1.165) is 23.4 Å². The Hall–Kier alpha value is -2.15. The molecule has 0 bridgehead atoms. The van der Waals surface area contributed by atoms with Crippen molar-refractivity contribution in [1.82, 2.24) is 15.0 Å². The van der Waals surface area contributed by atoms with Crippen molar-refractivity contribution < 1.29 is 0 Å². The van der Waals surface area contributed by atoms with Crippen LogP contribution in [0.1, 0.15) is 30.8 Å². The van der Waals surface area contributed by atoms with Crippen LogP contribution in [0, 0.1) is 24.2 Å². The molecule has 0 radical (unpaired) electrons. The molecule has 18 heavy (non-hydrogen) atoms. The predicted octanol–water partition coefficient (Wildman–Crippen LogP) is 2.65. The molecule has 0 saturated carbocycles. The number of nitrogens with zero attached hydrogens (tertiary/aromatic N) is 4. The molecule has 0 saturated heterocycles. The molecule has 1 heterocycles. The van der Waals surface area contributed by atoms with E-state index < -0.39 is 0 Å². The number of aromatic nitrogens is 3. The zero-order chi connectivity index (χ0) is 13.1. The number of hydrogen-bond donors (Lipinski definition) is 0. The first-order chi connectivity index (χ1) is 8.61. The van der Waals surface area contributed by atoms with Crippen LogP contribution in [-0.2, 0) is 6.42 Å². The Balaban J connectivity index is 2.51. The Morgan fingerprint density at radius 1 is 1.39 bits per heavy atom. The Bertz CT molecular complexity index is 590. The molecule has 2 rings (SSSR count). The topological polar surface area (TPSA) is 54.5 Å². The van der Waals surface area contributed by atoms with Crippen molar-refractivity contribution in [3.05, 3.63) is 41.2 Å². The van der Waals surface area contributed by atoms with E-state index in [9.17, 15) is 0 Å². The maximum atomic E-state index is 9.08. The first-order valence-corrected chi connectivity index (χ1v) is 6.03. The van der Waals surface area contributed by atoms with Gasteiger partial charge in [-0.15, -0.1) is 5.10 Å². The zero-order valence-electron chi connectivity index (χ0n) is 10.9. The SMILES string of the molecule is Cc1cccc(-n2nnc(C#N)c2CC(C)C)c1. The van der Waals surface area contributed by atoms with Crippen LogP contribution in [-0.4, -0.2) is 15.0 Å². The summed E-state index contributed by atoms with van der Waals surface area (Å²) in [6, 6.07) is 10.2. The smallest absolute Gasteiger partial charge is 0.186 e. The lowest BCUT2D eigenvalue weighted by molar-refractivity contribution is 0.613. The summed E-state index contributed by atoms with van der Waals surface area (Å²) in [5, 5.41) is 17.1. The standard InChI is InChI=1S/C14H16N4/c1-10(2)7-14-13(9-15)16-17-18(14)12-6-4-5-11(3)8-12/h4-6,8,10H,7H2,1-3H3. The summed E-state index contributed by atoms with van der Waals surface area (Å²) >= 11 is 0. The van der Waals surface area contributed by atoms with Crippen molar-refractivity contribution in [2.45, 2.75) is 27.2 Å². The second-order valence-electron chi connectivity index (χ2n) is 4.85. The highest BCUT2D eigenvalue weighted by Gasteiger charge is 2.15. The molecule has 0 fully saturated rings. The highest BCUT2D eigenvalue weighted by atomic mass is 15.4. The van der Waals surface area contributed by atoms with Crippen molar-refractivity contribution in [2.75, 3.05) is 0 Å². The van der Waals surface area contributed by atoms with E-state index in [0.29, 0.717) is 11.6 Å². The monoisotopic (exact) mass is 240 g/mol. The molecule has 0 N–H and O–H groups in total. The van der Waals surface area contributed by atoms with E-state index in [4.69, 9.17) is 5.26 Å². The van der Waals surface area contributed by atoms with E-state index >= 15 is 0 Å². The van der Waals surface area contributed by atoms with Crippen LogP contribution in [0.4, 0.5) is 0 Å². The van der Waals surface area contributed by atoms with E-state index in [1.165, 1.54) is 0 Å². The molecule has 0 amide bonds. The van der Waals surface area contributed by atoms with Gasteiger partial charge in [0.25, 0.3) is 0 Å². The minimum Gasteiger partial charge on any atom is -0.216 e. The second-order valence-corrected chi connectivity index (χ2v) is 4.85. The van der Waals surface area contributed by atoms with Crippen molar-refractivity contribution in [3.63, 3.8) is 0 Å². The van der Waals surface area contributed by atoms with Gasteiger partial charge >= 0.3 is 0 Å². The maximum Gasteiger partial charge on any atom is 0.186 e. The Morgan fingerprint density at radius 2 is 2.17 bits per heavy atom. The molecule has 0 spiro atoms. The predicted molar refractivity (Wildman–Crippen MR) is 69.4 cm³/mol. The van der Waals surface area contributed by atoms with Gasteiger partial charge in [-0.3, -0.25) is 0 Å². The largest absolute Gasteiger partial charge is 0.216 e. The number of rotatable bonds is 3. The molecule has 2 aromatic rings. The Morgan fingerprint density at radius 3 is 2.78 bits per heavy atom. The van der Waals surface area contributed by atoms with Gasteiger partial charge in [0.15, 0.2) is 5.69 Å². The van der Waals surface area contributed by atoms with Crippen molar-refractivity contribution in [1.29, 1.82) is 5.26 Å². The van der Waals surface area contributed by atoms with Gasteiger partial charge in [0.05, 0.1) is 11.4 Å². The third kappa shape index (κ3) is 2.40. The lowest BCUT2D eigenvalue weighted by atomic mass is 10.1. The number of benzene rings is 1. The van der Waals surface area contributed by atoms with Gasteiger partial charge in [-0.25, -0.2) is 4.68 Å². The Labute approximate surface area is 107 Å². The summed E-state index contributed by atoms with van der Waals surface area (Å²) in [6.07, 6.45) is 0.795. The summed E-state index contributed by atoms with van der Waals surface area (Å²) in [4.78, 5) is 0. The fraction of sp³-hybridized carbons (Fsp3) is 0.357. The number of hydrogen-bond acceptors (Lipinski definition) is 3. The van der Waals surface area contributed by atoms with Gasteiger partial charge in [-0.1, -0.05) is 31.2 Å². The van der Waals surface area contributed by atoms with E-state index in [2.05, 4.69) is 30.2 Å². The van der Waals surface area contributed by atoms with Crippen LogP contribution >= 0.6 is 0 Å². The summed E-state index contributed by atoms with van der Waals surface area (Å²) < 4.78 is 1.77. The molecular weight excluding hydrogens is 224 g/mol. The summed E-state index contributed by atoms with van der Waals surface area (Å²) in [5.74, 6) is 0.458. The molecule has 0 atom stereocenters. The molecule has 0 unspecified atom stereocenters. The molecule has 0 aliphatic carbocycles. The van der Waals surface area contributed by atoms with Crippen LogP contribution < -0.4 is 0 Å². The third-order valence-corrected chi connectivity index (χ3v) is 2.72. The van der Waals surface area contributed by atoms with Crippen LogP contribution in [0.15, 0.2) is 24.3 Å². The highest BCUT2D eigenvalue weighted by Crippen LogP contribution is 2.17. The van der Waals surface area contributed by atoms with Crippen LogP contribution in [0.25, 0.3) is 5.69 Å². The first-order valence-electron chi connectivity index (χ1n) is 6.03. The van der Waals surface area contributed by atoms with E-state index in [-0.39, 0.29) is 0 Å².